The molecule has 0 aromatic carbocycles. The van der Waals surface area contributed by atoms with Crippen LogP contribution in [0.4, 0.5) is 0 Å². The molecule has 1 aromatic heterocycles. The number of nitrogens with zero attached hydrogens (tertiary/aromatic N) is 1. The highest BCUT2D eigenvalue weighted by molar-refractivity contribution is 4.96. The standard InChI is InChI=1S/C13H23N3O/c17-13-6-2-1-4-11(13)5-3-8-14-10-12-7-9-15-16-12/h7,9,11,13-14,17H,1-6,8,10H2,(H,15,16). The lowest BCUT2D eigenvalue weighted by Crippen LogP contribution is -2.25. The predicted octanol–water partition coefficient (Wildman–Crippen LogP) is 1.83. The van der Waals surface area contributed by atoms with Gasteiger partial charge in [0.2, 0.25) is 0 Å². The molecule has 2 unspecified atom stereocenters. The van der Waals surface area contributed by atoms with Gasteiger partial charge in [-0.2, -0.15) is 5.10 Å². The van der Waals surface area contributed by atoms with Crippen LogP contribution in [0.5, 0.6) is 0 Å². The third kappa shape index (κ3) is 4.13. The van der Waals surface area contributed by atoms with Gasteiger partial charge in [-0.15, -0.1) is 0 Å². The van der Waals surface area contributed by atoms with Crippen molar-refractivity contribution >= 4 is 0 Å². The molecule has 2 rings (SSSR count). The van der Waals surface area contributed by atoms with Crippen LogP contribution in [0.15, 0.2) is 12.3 Å². The number of aromatic nitrogens is 2. The minimum Gasteiger partial charge on any atom is -0.393 e. The first kappa shape index (κ1) is 12.6. The lowest BCUT2D eigenvalue weighted by atomic mass is 9.83. The van der Waals surface area contributed by atoms with Crippen molar-refractivity contribution in [2.75, 3.05) is 6.54 Å². The number of H-pyrrole nitrogens is 1. The topological polar surface area (TPSA) is 60.9 Å². The molecule has 2 atom stereocenters. The van der Waals surface area contributed by atoms with Gasteiger partial charge in [-0.1, -0.05) is 12.8 Å². The Hall–Kier alpha value is -0.870. The van der Waals surface area contributed by atoms with Crippen LogP contribution in [0.25, 0.3) is 0 Å². The van der Waals surface area contributed by atoms with Gasteiger partial charge in [-0.05, 0) is 44.2 Å². The molecular formula is C13H23N3O. The SMILES string of the molecule is OC1CCCCC1CCCNCc1ccn[nH]1. The summed E-state index contributed by atoms with van der Waals surface area (Å²) in [5.41, 5.74) is 1.13. The third-order valence-electron chi connectivity index (χ3n) is 3.67. The number of aliphatic hydroxyl groups excluding tert-OH is 1. The Balaban J connectivity index is 1.53. The van der Waals surface area contributed by atoms with Crippen LogP contribution >= 0.6 is 0 Å². The molecule has 1 aliphatic rings. The molecule has 0 saturated heterocycles. The fourth-order valence-corrected chi connectivity index (χ4v) is 2.62. The second kappa shape index (κ2) is 6.77. The van der Waals surface area contributed by atoms with Crippen molar-refractivity contribution in [3.63, 3.8) is 0 Å². The monoisotopic (exact) mass is 237 g/mol. The first-order chi connectivity index (χ1) is 8.36. The zero-order valence-corrected chi connectivity index (χ0v) is 10.4. The molecule has 0 bridgehead atoms. The number of hydrogen-bond donors (Lipinski definition) is 3. The fourth-order valence-electron chi connectivity index (χ4n) is 2.62. The summed E-state index contributed by atoms with van der Waals surface area (Å²) in [6, 6.07) is 1.98. The first-order valence-corrected chi connectivity index (χ1v) is 6.73. The highest BCUT2D eigenvalue weighted by atomic mass is 16.3. The Kier molecular flexibility index (Phi) is 5.01. The number of rotatable bonds is 6. The van der Waals surface area contributed by atoms with Crippen LogP contribution in [-0.4, -0.2) is 28.0 Å². The number of aromatic amines is 1. The summed E-state index contributed by atoms with van der Waals surface area (Å²) in [6.07, 6.45) is 8.74. The molecule has 1 fully saturated rings. The van der Waals surface area contributed by atoms with E-state index < -0.39 is 0 Å². The maximum absolute atomic E-state index is 9.84. The molecule has 4 heteroatoms. The van der Waals surface area contributed by atoms with Crippen molar-refractivity contribution in [3.05, 3.63) is 18.0 Å². The summed E-state index contributed by atoms with van der Waals surface area (Å²) in [6.45, 7) is 1.87. The molecule has 17 heavy (non-hydrogen) atoms. The molecular weight excluding hydrogens is 214 g/mol. The minimum atomic E-state index is -0.0450. The molecule has 0 amide bonds. The van der Waals surface area contributed by atoms with E-state index in [2.05, 4.69) is 15.5 Å². The lowest BCUT2D eigenvalue weighted by Gasteiger charge is -2.27. The molecule has 0 radical (unpaired) electrons. The van der Waals surface area contributed by atoms with Gasteiger partial charge in [-0.3, -0.25) is 5.10 Å². The van der Waals surface area contributed by atoms with Gasteiger partial charge in [0.25, 0.3) is 0 Å². The normalized spacial score (nSPS) is 25.0. The molecule has 4 nitrogen and oxygen atoms in total. The Morgan fingerprint density at radius 1 is 1.41 bits per heavy atom. The van der Waals surface area contributed by atoms with Crippen LogP contribution in [0.2, 0.25) is 0 Å². The summed E-state index contributed by atoms with van der Waals surface area (Å²) in [4.78, 5) is 0. The van der Waals surface area contributed by atoms with E-state index in [0.29, 0.717) is 5.92 Å². The highest BCUT2D eigenvalue weighted by Gasteiger charge is 2.21. The minimum absolute atomic E-state index is 0.0450. The van der Waals surface area contributed by atoms with Gasteiger partial charge < -0.3 is 10.4 Å². The molecule has 1 aliphatic carbocycles. The number of hydrogen-bond acceptors (Lipinski definition) is 3. The summed E-state index contributed by atoms with van der Waals surface area (Å²) < 4.78 is 0. The van der Waals surface area contributed by atoms with E-state index in [9.17, 15) is 5.11 Å². The second-order valence-electron chi connectivity index (χ2n) is 5.01. The van der Waals surface area contributed by atoms with E-state index in [1.54, 1.807) is 6.20 Å². The zero-order valence-electron chi connectivity index (χ0n) is 10.4. The first-order valence-electron chi connectivity index (χ1n) is 6.73. The molecule has 0 spiro atoms. The van der Waals surface area contributed by atoms with Crippen LogP contribution in [0.1, 0.15) is 44.2 Å². The van der Waals surface area contributed by atoms with Gasteiger partial charge in [0, 0.05) is 18.4 Å². The Morgan fingerprint density at radius 2 is 2.29 bits per heavy atom. The second-order valence-corrected chi connectivity index (χ2v) is 5.01. The summed E-state index contributed by atoms with van der Waals surface area (Å²) in [5, 5.41) is 20.1. The van der Waals surface area contributed by atoms with Gasteiger partial charge in [0.15, 0.2) is 0 Å². The maximum atomic E-state index is 9.84. The molecule has 3 N–H and O–H groups in total. The fraction of sp³-hybridized carbons (Fsp3) is 0.769. The van der Waals surface area contributed by atoms with E-state index >= 15 is 0 Å². The third-order valence-corrected chi connectivity index (χ3v) is 3.67. The van der Waals surface area contributed by atoms with Crippen molar-refractivity contribution in [3.8, 4) is 0 Å². The van der Waals surface area contributed by atoms with Crippen LogP contribution in [0.3, 0.4) is 0 Å². The largest absolute Gasteiger partial charge is 0.393 e. The molecule has 1 saturated carbocycles. The maximum Gasteiger partial charge on any atom is 0.0568 e. The molecule has 0 aliphatic heterocycles. The van der Waals surface area contributed by atoms with Crippen LogP contribution in [0, 0.1) is 5.92 Å². The Bertz CT molecular complexity index is 300. The van der Waals surface area contributed by atoms with E-state index in [4.69, 9.17) is 0 Å². The Labute approximate surface area is 103 Å². The van der Waals surface area contributed by atoms with Crippen molar-refractivity contribution < 1.29 is 5.11 Å². The predicted molar refractivity (Wildman–Crippen MR) is 67.5 cm³/mol. The molecule has 96 valence electrons. The molecule has 1 aromatic rings. The number of nitrogens with one attached hydrogen (secondary N) is 2. The van der Waals surface area contributed by atoms with Crippen molar-refractivity contribution in [2.45, 2.75) is 51.2 Å². The average molecular weight is 237 g/mol. The summed E-state index contributed by atoms with van der Waals surface area (Å²) in [5.74, 6) is 0.540. The Morgan fingerprint density at radius 3 is 3.06 bits per heavy atom. The van der Waals surface area contributed by atoms with Gasteiger partial charge in [0.1, 0.15) is 0 Å². The zero-order chi connectivity index (χ0) is 11.9. The average Bonchev–Trinajstić information content (AvgIpc) is 2.84. The van der Waals surface area contributed by atoms with Gasteiger partial charge in [-0.25, -0.2) is 0 Å². The summed E-state index contributed by atoms with van der Waals surface area (Å²) >= 11 is 0. The van der Waals surface area contributed by atoms with Crippen molar-refractivity contribution in [1.82, 2.24) is 15.5 Å². The van der Waals surface area contributed by atoms with E-state index in [1.165, 1.54) is 19.3 Å². The van der Waals surface area contributed by atoms with E-state index in [1.807, 2.05) is 6.07 Å². The highest BCUT2D eigenvalue weighted by Crippen LogP contribution is 2.27. The van der Waals surface area contributed by atoms with Crippen LogP contribution < -0.4 is 5.32 Å². The van der Waals surface area contributed by atoms with E-state index in [-0.39, 0.29) is 6.10 Å². The smallest absolute Gasteiger partial charge is 0.0568 e. The quantitative estimate of drug-likeness (QED) is 0.661. The van der Waals surface area contributed by atoms with Crippen molar-refractivity contribution in [2.24, 2.45) is 5.92 Å². The molecule has 1 heterocycles. The van der Waals surface area contributed by atoms with Crippen LogP contribution in [-0.2, 0) is 6.54 Å². The number of aliphatic hydroxyl groups is 1. The summed E-state index contributed by atoms with van der Waals surface area (Å²) in [7, 11) is 0. The van der Waals surface area contributed by atoms with Crippen molar-refractivity contribution in [1.29, 1.82) is 0 Å². The van der Waals surface area contributed by atoms with Gasteiger partial charge >= 0.3 is 0 Å². The lowest BCUT2D eigenvalue weighted by molar-refractivity contribution is 0.0643. The van der Waals surface area contributed by atoms with Gasteiger partial charge in [0.05, 0.1) is 6.10 Å². The van der Waals surface area contributed by atoms with E-state index in [0.717, 1.165) is 38.0 Å².